The molecule has 112 valence electrons. The number of hydrogen-bond acceptors (Lipinski definition) is 5. The second-order valence-electron chi connectivity index (χ2n) is 4.30. The number of carbonyl (C=O) groups excluding carboxylic acids is 2. The molecule has 0 spiro atoms. The summed E-state index contributed by atoms with van der Waals surface area (Å²) in [7, 11) is 0. The monoisotopic (exact) mass is 312 g/mol. The number of ether oxygens (including phenoxy) is 1. The summed E-state index contributed by atoms with van der Waals surface area (Å²) in [6.45, 7) is 2.86. The molecule has 0 aromatic heterocycles. The Bertz CT molecular complexity index is 609. The number of rotatable bonds is 5. The SMILES string of the molecule is CC(C)=CC(=O)OCC(=O)Nc1cc(Cl)ccc1[N+](=O)[O-]. The minimum Gasteiger partial charge on any atom is -0.452 e. The number of esters is 1. The molecule has 0 aliphatic carbocycles. The summed E-state index contributed by atoms with van der Waals surface area (Å²) in [5.41, 5.74) is 0.366. The van der Waals surface area contributed by atoms with Gasteiger partial charge in [0, 0.05) is 17.2 Å². The fourth-order valence-corrected chi connectivity index (χ4v) is 1.54. The third-order valence-corrected chi connectivity index (χ3v) is 2.42. The minimum atomic E-state index is -0.698. The van der Waals surface area contributed by atoms with Crippen LogP contribution in [-0.2, 0) is 14.3 Å². The Kier molecular flexibility index (Phi) is 5.86. The highest BCUT2D eigenvalue weighted by molar-refractivity contribution is 6.31. The van der Waals surface area contributed by atoms with Gasteiger partial charge in [0.05, 0.1) is 4.92 Å². The summed E-state index contributed by atoms with van der Waals surface area (Å²) >= 11 is 5.72. The van der Waals surface area contributed by atoms with Crippen molar-refractivity contribution in [2.45, 2.75) is 13.8 Å². The Labute approximate surface area is 125 Å². The molecule has 0 aliphatic rings. The number of carbonyl (C=O) groups is 2. The highest BCUT2D eigenvalue weighted by Gasteiger charge is 2.16. The lowest BCUT2D eigenvalue weighted by atomic mass is 10.2. The fraction of sp³-hybridized carbons (Fsp3) is 0.231. The third-order valence-electron chi connectivity index (χ3n) is 2.18. The first-order chi connectivity index (χ1) is 9.79. The van der Waals surface area contributed by atoms with Crippen molar-refractivity contribution in [1.29, 1.82) is 0 Å². The smallest absolute Gasteiger partial charge is 0.331 e. The second kappa shape index (κ2) is 7.39. The number of nitro groups is 1. The lowest BCUT2D eigenvalue weighted by molar-refractivity contribution is -0.383. The maximum Gasteiger partial charge on any atom is 0.331 e. The van der Waals surface area contributed by atoms with Gasteiger partial charge in [-0.15, -0.1) is 0 Å². The predicted octanol–water partition coefficient (Wildman–Crippen LogP) is 2.70. The van der Waals surface area contributed by atoms with Gasteiger partial charge >= 0.3 is 5.97 Å². The summed E-state index contributed by atoms with van der Waals surface area (Å²) in [6.07, 6.45) is 1.23. The van der Waals surface area contributed by atoms with E-state index in [1.165, 1.54) is 24.3 Å². The van der Waals surface area contributed by atoms with E-state index in [1.807, 2.05) is 0 Å². The average Bonchev–Trinajstić information content (AvgIpc) is 2.35. The Morgan fingerprint density at radius 2 is 2.10 bits per heavy atom. The number of benzene rings is 1. The van der Waals surface area contributed by atoms with Crippen LogP contribution in [0.25, 0.3) is 0 Å². The predicted molar refractivity (Wildman–Crippen MR) is 77.1 cm³/mol. The first-order valence-corrected chi connectivity index (χ1v) is 6.23. The third kappa shape index (κ3) is 5.62. The quantitative estimate of drug-likeness (QED) is 0.390. The van der Waals surface area contributed by atoms with Crippen LogP contribution in [-0.4, -0.2) is 23.4 Å². The van der Waals surface area contributed by atoms with Crippen molar-refractivity contribution in [3.63, 3.8) is 0 Å². The Morgan fingerprint density at radius 3 is 2.67 bits per heavy atom. The van der Waals surface area contributed by atoms with Gasteiger partial charge in [0.25, 0.3) is 11.6 Å². The number of halogens is 1. The van der Waals surface area contributed by atoms with Crippen LogP contribution in [0, 0.1) is 10.1 Å². The number of anilines is 1. The maximum atomic E-state index is 11.6. The topological polar surface area (TPSA) is 98.5 Å². The van der Waals surface area contributed by atoms with E-state index in [1.54, 1.807) is 13.8 Å². The fourth-order valence-electron chi connectivity index (χ4n) is 1.37. The molecule has 0 radical (unpaired) electrons. The molecular formula is C13H13ClN2O5. The van der Waals surface area contributed by atoms with Crippen LogP contribution < -0.4 is 5.32 Å². The largest absolute Gasteiger partial charge is 0.452 e. The Hall–Kier alpha value is -2.41. The molecule has 21 heavy (non-hydrogen) atoms. The van der Waals surface area contributed by atoms with E-state index in [9.17, 15) is 19.7 Å². The number of amides is 1. The van der Waals surface area contributed by atoms with Crippen LogP contribution in [0.4, 0.5) is 11.4 Å². The molecule has 1 rings (SSSR count). The lowest BCUT2D eigenvalue weighted by Crippen LogP contribution is -2.20. The van der Waals surface area contributed by atoms with E-state index < -0.39 is 23.4 Å². The van der Waals surface area contributed by atoms with Gasteiger partial charge in [0.1, 0.15) is 5.69 Å². The molecule has 0 unspecified atom stereocenters. The van der Waals surface area contributed by atoms with Crippen LogP contribution in [0.1, 0.15) is 13.8 Å². The minimum absolute atomic E-state index is 0.0595. The van der Waals surface area contributed by atoms with E-state index in [0.717, 1.165) is 5.57 Å². The Balaban J connectivity index is 2.71. The second-order valence-corrected chi connectivity index (χ2v) is 4.73. The van der Waals surface area contributed by atoms with Crippen molar-refractivity contribution in [3.8, 4) is 0 Å². The number of nitro benzene ring substituents is 1. The summed E-state index contributed by atoms with van der Waals surface area (Å²) in [6, 6.07) is 3.76. The summed E-state index contributed by atoms with van der Waals surface area (Å²) in [4.78, 5) is 33.0. The van der Waals surface area contributed by atoms with Crippen molar-refractivity contribution in [2.75, 3.05) is 11.9 Å². The summed E-state index contributed by atoms with van der Waals surface area (Å²) < 4.78 is 4.69. The van der Waals surface area contributed by atoms with Crippen molar-refractivity contribution in [2.24, 2.45) is 0 Å². The molecule has 1 aromatic rings. The van der Waals surface area contributed by atoms with Gasteiger partial charge < -0.3 is 10.1 Å². The van der Waals surface area contributed by atoms with Gasteiger partial charge in [-0.2, -0.15) is 0 Å². The molecule has 0 atom stereocenters. The summed E-state index contributed by atoms with van der Waals surface area (Å²) in [5, 5.41) is 13.3. The Morgan fingerprint density at radius 1 is 1.43 bits per heavy atom. The highest BCUT2D eigenvalue weighted by atomic mass is 35.5. The van der Waals surface area contributed by atoms with Crippen molar-refractivity contribution < 1.29 is 19.2 Å². The van der Waals surface area contributed by atoms with Gasteiger partial charge in [-0.25, -0.2) is 4.79 Å². The molecule has 0 heterocycles. The van der Waals surface area contributed by atoms with E-state index in [4.69, 9.17) is 11.6 Å². The molecule has 8 heteroatoms. The molecule has 1 amide bonds. The lowest BCUT2D eigenvalue weighted by Gasteiger charge is -2.06. The van der Waals surface area contributed by atoms with Gasteiger partial charge in [-0.1, -0.05) is 17.2 Å². The molecule has 0 fully saturated rings. The number of nitrogens with one attached hydrogen (secondary N) is 1. The first kappa shape index (κ1) is 16.6. The summed E-state index contributed by atoms with van der Waals surface area (Å²) in [5.74, 6) is -1.36. The van der Waals surface area contributed by atoms with Crippen LogP contribution in [0.2, 0.25) is 5.02 Å². The maximum absolute atomic E-state index is 11.6. The van der Waals surface area contributed by atoms with Crippen LogP contribution in [0.5, 0.6) is 0 Å². The van der Waals surface area contributed by atoms with Gasteiger partial charge in [-0.05, 0) is 26.0 Å². The molecule has 0 saturated carbocycles. The molecule has 0 saturated heterocycles. The standard InChI is InChI=1S/C13H13ClN2O5/c1-8(2)5-13(18)21-7-12(17)15-10-6-9(14)3-4-11(10)16(19)20/h3-6H,7H2,1-2H3,(H,15,17). The zero-order chi connectivity index (χ0) is 16.0. The van der Waals surface area contributed by atoms with Crippen LogP contribution >= 0.6 is 11.6 Å². The molecule has 0 bridgehead atoms. The average molecular weight is 313 g/mol. The van der Waals surface area contributed by atoms with E-state index >= 15 is 0 Å². The van der Waals surface area contributed by atoms with Gasteiger partial charge in [0.15, 0.2) is 6.61 Å². The number of nitrogens with zero attached hydrogens (tertiary/aromatic N) is 1. The zero-order valence-corrected chi connectivity index (χ0v) is 12.1. The molecule has 0 aliphatic heterocycles. The van der Waals surface area contributed by atoms with Crippen LogP contribution in [0.3, 0.4) is 0 Å². The highest BCUT2D eigenvalue weighted by Crippen LogP contribution is 2.27. The van der Waals surface area contributed by atoms with Crippen molar-refractivity contribution in [1.82, 2.24) is 0 Å². The van der Waals surface area contributed by atoms with E-state index in [-0.39, 0.29) is 16.4 Å². The zero-order valence-electron chi connectivity index (χ0n) is 11.4. The molecule has 7 nitrogen and oxygen atoms in total. The molecule has 1 aromatic carbocycles. The van der Waals surface area contributed by atoms with Crippen molar-refractivity contribution in [3.05, 3.63) is 45.0 Å². The van der Waals surface area contributed by atoms with E-state index in [0.29, 0.717) is 0 Å². The normalized spacial score (nSPS) is 9.67. The molecule has 1 N–H and O–H groups in total. The van der Waals surface area contributed by atoms with E-state index in [2.05, 4.69) is 10.1 Å². The van der Waals surface area contributed by atoms with Crippen molar-refractivity contribution >= 4 is 34.9 Å². The number of allylic oxidation sites excluding steroid dienone is 1. The van der Waals surface area contributed by atoms with Gasteiger partial charge in [0.2, 0.25) is 0 Å². The van der Waals surface area contributed by atoms with Crippen LogP contribution in [0.15, 0.2) is 29.8 Å². The first-order valence-electron chi connectivity index (χ1n) is 5.85. The molecular weight excluding hydrogens is 300 g/mol. The van der Waals surface area contributed by atoms with Gasteiger partial charge in [-0.3, -0.25) is 14.9 Å². The number of hydrogen-bond donors (Lipinski definition) is 1.